The Hall–Kier alpha value is -1.69. The molecule has 1 saturated carbocycles. The fourth-order valence-electron chi connectivity index (χ4n) is 2.56. The van der Waals surface area contributed by atoms with Crippen molar-refractivity contribution in [3.8, 4) is 0 Å². The van der Waals surface area contributed by atoms with Crippen molar-refractivity contribution in [2.75, 3.05) is 32.5 Å². The lowest BCUT2D eigenvalue weighted by atomic mass is 10.2. The molecule has 20 heavy (non-hydrogen) atoms. The summed E-state index contributed by atoms with van der Waals surface area (Å²) in [5, 5.41) is 13.6. The van der Waals surface area contributed by atoms with E-state index in [2.05, 4.69) is 32.8 Å². The van der Waals surface area contributed by atoms with Crippen LogP contribution in [0.1, 0.15) is 36.2 Å². The van der Waals surface area contributed by atoms with E-state index < -0.39 is 0 Å². The van der Waals surface area contributed by atoms with E-state index in [1.807, 2.05) is 0 Å². The molecule has 0 bridgehead atoms. The van der Waals surface area contributed by atoms with Crippen LogP contribution in [0, 0.1) is 0 Å². The minimum absolute atomic E-state index is 0.218. The highest BCUT2D eigenvalue weighted by Gasteiger charge is 2.18. The van der Waals surface area contributed by atoms with Crippen molar-refractivity contribution in [1.29, 1.82) is 0 Å². The van der Waals surface area contributed by atoms with Crippen LogP contribution in [0.15, 0.2) is 12.1 Å². The number of carbonyl (C=O) groups is 1. The summed E-state index contributed by atoms with van der Waals surface area (Å²) in [5.41, 5.74) is 0.334. The van der Waals surface area contributed by atoms with Gasteiger partial charge in [-0.1, -0.05) is 12.8 Å². The number of nitrogens with one attached hydrogen (secondary N) is 2. The van der Waals surface area contributed by atoms with Gasteiger partial charge in [0.25, 0.3) is 5.91 Å². The molecule has 0 saturated heterocycles. The van der Waals surface area contributed by atoms with Crippen molar-refractivity contribution in [2.24, 2.45) is 0 Å². The maximum Gasteiger partial charge on any atom is 0.271 e. The quantitative estimate of drug-likeness (QED) is 0.815. The number of hydrogen-bond donors (Lipinski definition) is 2. The fraction of sp³-hybridized carbons (Fsp3) is 0.643. The zero-order valence-corrected chi connectivity index (χ0v) is 12.2. The molecule has 1 fully saturated rings. The first-order valence-electron chi connectivity index (χ1n) is 7.20. The molecule has 1 aliphatic carbocycles. The number of anilines is 1. The van der Waals surface area contributed by atoms with Crippen LogP contribution < -0.4 is 10.6 Å². The van der Waals surface area contributed by atoms with Crippen molar-refractivity contribution in [3.63, 3.8) is 0 Å². The average Bonchev–Trinajstić information content (AvgIpc) is 3.01. The van der Waals surface area contributed by atoms with Gasteiger partial charge < -0.3 is 15.5 Å². The molecule has 1 amide bonds. The molecule has 1 aliphatic rings. The van der Waals surface area contributed by atoms with Gasteiger partial charge in [-0.3, -0.25) is 4.79 Å². The molecule has 1 heterocycles. The van der Waals surface area contributed by atoms with E-state index in [0.717, 1.165) is 19.1 Å². The number of aromatic nitrogens is 2. The van der Waals surface area contributed by atoms with Crippen molar-refractivity contribution < 1.29 is 4.79 Å². The summed E-state index contributed by atoms with van der Waals surface area (Å²) in [5.74, 6) is 0.488. The van der Waals surface area contributed by atoms with E-state index in [-0.39, 0.29) is 5.91 Å². The summed E-state index contributed by atoms with van der Waals surface area (Å²) in [6.45, 7) is 1.82. The predicted octanol–water partition coefficient (Wildman–Crippen LogP) is 1.12. The Labute approximate surface area is 120 Å². The molecule has 0 unspecified atom stereocenters. The second kappa shape index (κ2) is 7.19. The Morgan fingerprint density at radius 2 is 2.10 bits per heavy atom. The molecule has 0 aromatic carbocycles. The van der Waals surface area contributed by atoms with Crippen LogP contribution in [0.25, 0.3) is 0 Å². The van der Waals surface area contributed by atoms with Crippen LogP contribution in [0.5, 0.6) is 0 Å². The number of likely N-dealkylation sites (N-methyl/N-ethyl adjacent to an activating group) is 1. The van der Waals surface area contributed by atoms with Crippen LogP contribution in [0.2, 0.25) is 0 Å². The Kier molecular flexibility index (Phi) is 5.29. The molecule has 2 rings (SSSR count). The monoisotopic (exact) mass is 277 g/mol. The summed E-state index contributed by atoms with van der Waals surface area (Å²) >= 11 is 0. The minimum atomic E-state index is -0.218. The Morgan fingerprint density at radius 1 is 1.35 bits per heavy atom. The van der Waals surface area contributed by atoms with Gasteiger partial charge in [-0.15, -0.1) is 10.2 Å². The smallest absolute Gasteiger partial charge is 0.271 e. The van der Waals surface area contributed by atoms with E-state index in [1.165, 1.54) is 25.7 Å². The second-order valence-electron chi connectivity index (χ2n) is 5.23. The fourth-order valence-corrected chi connectivity index (χ4v) is 2.56. The number of rotatable bonds is 6. The van der Waals surface area contributed by atoms with Gasteiger partial charge in [0.1, 0.15) is 5.82 Å². The van der Waals surface area contributed by atoms with Crippen molar-refractivity contribution in [1.82, 2.24) is 20.4 Å². The third kappa shape index (κ3) is 3.90. The molecular formula is C14H23N5O. The molecule has 2 N–H and O–H groups in total. The van der Waals surface area contributed by atoms with Crippen LogP contribution in [-0.2, 0) is 0 Å². The van der Waals surface area contributed by atoms with E-state index in [0.29, 0.717) is 11.5 Å². The normalized spacial score (nSPS) is 15.6. The molecule has 0 atom stereocenters. The van der Waals surface area contributed by atoms with Crippen LogP contribution in [0.4, 0.5) is 5.82 Å². The molecule has 6 nitrogen and oxygen atoms in total. The van der Waals surface area contributed by atoms with Crippen LogP contribution in [-0.4, -0.2) is 54.2 Å². The van der Waals surface area contributed by atoms with Crippen molar-refractivity contribution in [3.05, 3.63) is 17.8 Å². The van der Waals surface area contributed by atoms with E-state index in [9.17, 15) is 4.79 Å². The summed E-state index contributed by atoms with van der Waals surface area (Å²) in [7, 11) is 3.76. The molecule has 110 valence electrons. The maximum atomic E-state index is 11.3. The lowest BCUT2D eigenvalue weighted by Crippen LogP contribution is -2.33. The maximum absolute atomic E-state index is 11.3. The number of nitrogens with zero attached hydrogens (tertiary/aromatic N) is 3. The van der Waals surface area contributed by atoms with Gasteiger partial charge in [-0.2, -0.15) is 0 Å². The Morgan fingerprint density at radius 3 is 2.70 bits per heavy atom. The van der Waals surface area contributed by atoms with Gasteiger partial charge in [0.05, 0.1) is 0 Å². The lowest BCUT2D eigenvalue weighted by Gasteiger charge is -2.23. The summed E-state index contributed by atoms with van der Waals surface area (Å²) in [6, 6.07) is 4.20. The van der Waals surface area contributed by atoms with Crippen LogP contribution >= 0.6 is 0 Å². The van der Waals surface area contributed by atoms with Crippen molar-refractivity contribution in [2.45, 2.75) is 31.7 Å². The second-order valence-corrected chi connectivity index (χ2v) is 5.23. The van der Waals surface area contributed by atoms with Gasteiger partial charge in [0, 0.05) is 26.2 Å². The molecular weight excluding hydrogens is 254 g/mol. The lowest BCUT2D eigenvalue weighted by molar-refractivity contribution is 0.0957. The first kappa shape index (κ1) is 14.7. The zero-order valence-electron chi connectivity index (χ0n) is 12.2. The van der Waals surface area contributed by atoms with Gasteiger partial charge in [0.2, 0.25) is 0 Å². The van der Waals surface area contributed by atoms with E-state index in [4.69, 9.17) is 0 Å². The third-order valence-electron chi connectivity index (χ3n) is 3.84. The predicted molar refractivity (Wildman–Crippen MR) is 78.8 cm³/mol. The highest BCUT2D eigenvalue weighted by molar-refractivity contribution is 5.91. The topological polar surface area (TPSA) is 70.2 Å². The SMILES string of the molecule is CNC(=O)c1ccc(NCCN(C)C2CCCC2)nn1. The highest BCUT2D eigenvalue weighted by Crippen LogP contribution is 2.21. The molecule has 1 aromatic rings. The first-order valence-corrected chi connectivity index (χ1v) is 7.20. The largest absolute Gasteiger partial charge is 0.367 e. The zero-order chi connectivity index (χ0) is 14.4. The minimum Gasteiger partial charge on any atom is -0.367 e. The van der Waals surface area contributed by atoms with Crippen molar-refractivity contribution >= 4 is 11.7 Å². The van der Waals surface area contributed by atoms with E-state index >= 15 is 0 Å². The number of hydrogen-bond acceptors (Lipinski definition) is 5. The summed E-state index contributed by atoms with van der Waals surface area (Å²) < 4.78 is 0. The molecule has 1 aromatic heterocycles. The van der Waals surface area contributed by atoms with E-state index in [1.54, 1.807) is 19.2 Å². The number of amides is 1. The van der Waals surface area contributed by atoms with Gasteiger partial charge in [-0.05, 0) is 32.0 Å². The molecule has 0 radical (unpaired) electrons. The van der Waals surface area contributed by atoms with Crippen LogP contribution in [0.3, 0.4) is 0 Å². The Balaban J connectivity index is 1.75. The standard InChI is InChI=1S/C14H23N5O/c1-15-14(20)12-7-8-13(18-17-12)16-9-10-19(2)11-5-3-4-6-11/h7-8,11H,3-6,9-10H2,1-2H3,(H,15,20)(H,16,18). The van der Waals surface area contributed by atoms with Gasteiger partial charge in [-0.25, -0.2) is 0 Å². The number of carbonyl (C=O) groups excluding carboxylic acids is 1. The Bertz CT molecular complexity index is 428. The molecule has 6 heteroatoms. The average molecular weight is 277 g/mol. The van der Waals surface area contributed by atoms with Gasteiger partial charge >= 0.3 is 0 Å². The third-order valence-corrected chi connectivity index (χ3v) is 3.84. The molecule has 0 spiro atoms. The highest BCUT2D eigenvalue weighted by atomic mass is 16.1. The van der Waals surface area contributed by atoms with Gasteiger partial charge in [0.15, 0.2) is 5.69 Å². The summed E-state index contributed by atoms with van der Waals surface area (Å²) in [4.78, 5) is 13.7. The molecule has 0 aliphatic heterocycles. The summed E-state index contributed by atoms with van der Waals surface area (Å²) in [6.07, 6.45) is 5.35. The first-order chi connectivity index (χ1) is 9.70.